The molecule has 23 heavy (non-hydrogen) atoms. The van der Waals surface area contributed by atoms with Crippen LogP contribution in [0.4, 0.5) is 5.69 Å². The van der Waals surface area contributed by atoms with Crippen molar-refractivity contribution in [1.29, 1.82) is 0 Å². The highest BCUT2D eigenvalue weighted by atomic mass is 28.3. The van der Waals surface area contributed by atoms with E-state index in [1.165, 1.54) is 0 Å². The molecule has 1 N–H and O–H groups in total. The Morgan fingerprint density at radius 2 is 1.70 bits per heavy atom. The molecule has 0 saturated heterocycles. The lowest BCUT2D eigenvalue weighted by atomic mass is 10.1. The summed E-state index contributed by atoms with van der Waals surface area (Å²) < 4.78 is 5.11. The van der Waals surface area contributed by atoms with Gasteiger partial charge in [0.25, 0.3) is 5.91 Å². The van der Waals surface area contributed by atoms with Crippen molar-refractivity contribution < 1.29 is 9.53 Å². The van der Waals surface area contributed by atoms with Gasteiger partial charge in [0.05, 0.1) is 12.7 Å². The summed E-state index contributed by atoms with van der Waals surface area (Å²) in [7, 11) is 0.123. The molecule has 1 amide bonds. The van der Waals surface area contributed by atoms with Gasteiger partial charge in [0.2, 0.25) is 0 Å². The summed E-state index contributed by atoms with van der Waals surface area (Å²) in [4.78, 5) is 12.5. The normalized spacial score (nSPS) is 10.4. The molecule has 0 heterocycles. The van der Waals surface area contributed by atoms with Crippen LogP contribution in [0, 0.1) is 11.5 Å². The lowest BCUT2D eigenvalue weighted by Crippen LogP contribution is -2.17. The van der Waals surface area contributed by atoms with Gasteiger partial charge in [0.15, 0.2) is 0 Å². The first-order valence-electron chi connectivity index (χ1n) is 7.47. The highest BCUT2D eigenvalue weighted by Crippen LogP contribution is 2.17. The summed E-state index contributed by atoms with van der Waals surface area (Å²) in [5, 5.41) is 2.90. The maximum atomic E-state index is 12.5. The molecule has 0 aliphatic heterocycles. The highest BCUT2D eigenvalue weighted by molar-refractivity contribution is 6.83. The van der Waals surface area contributed by atoms with Crippen molar-refractivity contribution in [2.24, 2.45) is 0 Å². The molecule has 0 radical (unpaired) electrons. The van der Waals surface area contributed by atoms with Crippen LogP contribution in [0.25, 0.3) is 0 Å². The van der Waals surface area contributed by atoms with Gasteiger partial charge in [-0.3, -0.25) is 4.79 Å². The van der Waals surface area contributed by atoms with E-state index in [0.717, 1.165) is 17.0 Å². The Kier molecular flexibility index (Phi) is 5.25. The molecule has 3 nitrogen and oxygen atoms in total. The Labute approximate surface area is 138 Å². The van der Waals surface area contributed by atoms with Crippen LogP contribution in [-0.4, -0.2) is 21.1 Å². The van der Waals surface area contributed by atoms with Crippen molar-refractivity contribution in [2.75, 3.05) is 12.4 Å². The third-order valence-electron chi connectivity index (χ3n) is 3.09. The topological polar surface area (TPSA) is 38.3 Å². The predicted octanol–water partition coefficient (Wildman–Crippen LogP) is 4.18. The van der Waals surface area contributed by atoms with Gasteiger partial charge in [-0.25, -0.2) is 0 Å². The van der Waals surface area contributed by atoms with E-state index in [1.807, 2.05) is 42.5 Å². The van der Waals surface area contributed by atoms with E-state index in [2.05, 4.69) is 36.4 Å². The average molecular weight is 323 g/mol. The molecule has 118 valence electrons. The number of ether oxygens (including phenoxy) is 1. The van der Waals surface area contributed by atoms with Crippen LogP contribution >= 0.6 is 0 Å². The first-order chi connectivity index (χ1) is 10.9. The Morgan fingerprint density at radius 1 is 1.04 bits per heavy atom. The molecule has 4 heteroatoms. The number of anilines is 1. The molecule has 0 unspecified atom stereocenters. The van der Waals surface area contributed by atoms with Gasteiger partial charge < -0.3 is 10.1 Å². The first-order valence-corrected chi connectivity index (χ1v) is 11.0. The number of benzene rings is 2. The minimum atomic E-state index is -1.49. The summed E-state index contributed by atoms with van der Waals surface area (Å²) in [6.45, 7) is 6.54. The number of hydrogen-bond acceptors (Lipinski definition) is 2. The Morgan fingerprint density at radius 3 is 2.30 bits per heavy atom. The van der Waals surface area contributed by atoms with E-state index < -0.39 is 8.07 Å². The first kappa shape index (κ1) is 16.9. The highest BCUT2D eigenvalue weighted by Gasteiger charge is 2.12. The van der Waals surface area contributed by atoms with E-state index in [9.17, 15) is 4.79 Å². The van der Waals surface area contributed by atoms with Gasteiger partial charge in [-0.2, -0.15) is 0 Å². The van der Waals surface area contributed by atoms with Crippen molar-refractivity contribution in [3.8, 4) is 17.2 Å². The van der Waals surface area contributed by atoms with Gasteiger partial charge in [-0.15, -0.1) is 5.54 Å². The van der Waals surface area contributed by atoms with E-state index in [-0.39, 0.29) is 5.91 Å². The number of carbonyl (C=O) groups is 1. The standard InChI is InChI=1S/C19H21NO2Si/c1-22-17-11-9-16(10-12-17)20-19(21)18-8-6-5-7-15(18)13-14-23(2,3)4/h5-12H,1-4H3,(H,20,21). The van der Waals surface area contributed by atoms with E-state index >= 15 is 0 Å². The van der Waals surface area contributed by atoms with Crippen LogP contribution in [0.2, 0.25) is 19.6 Å². The summed E-state index contributed by atoms with van der Waals surface area (Å²) >= 11 is 0. The van der Waals surface area contributed by atoms with E-state index in [0.29, 0.717) is 5.56 Å². The summed E-state index contributed by atoms with van der Waals surface area (Å²) in [6, 6.07) is 14.7. The summed E-state index contributed by atoms with van der Waals surface area (Å²) in [6.07, 6.45) is 0. The molecule has 0 bridgehead atoms. The Balaban J connectivity index is 2.23. The smallest absolute Gasteiger partial charge is 0.256 e. The summed E-state index contributed by atoms with van der Waals surface area (Å²) in [5.74, 6) is 3.77. The van der Waals surface area contributed by atoms with Crippen LogP contribution in [0.15, 0.2) is 48.5 Å². The van der Waals surface area contributed by atoms with Crippen molar-refractivity contribution in [3.63, 3.8) is 0 Å². The molecule has 0 atom stereocenters. The number of amides is 1. The van der Waals surface area contributed by atoms with Crippen LogP contribution in [0.3, 0.4) is 0 Å². The predicted molar refractivity (Wildman–Crippen MR) is 97.6 cm³/mol. The van der Waals surface area contributed by atoms with Gasteiger partial charge in [-0.1, -0.05) is 37.7 Å². The van der Waals surface area contributed by atoms with Crippen LogP contribution < -0.4 is 10.1 Å². The Bertz CT molecular complexity index is 749. The molecule has 0 fully saturated rings. The molecule has 0 aliphatic rings. The molecule has 2 aromatic rings. The van der Waals surface area contributed by atoms with E-state index in [4.69, 9.17) is 4.74 Å². The number of carbonyl (C=O) groups excluding carboxylic acids is 1. The number of methoxy groups -OCH3 is 1. The fourth-order valence-electron chi connectivity index (χ4n) is 1.92. The number of rotatable bonds is 3. The third kappa shape index (κ3) is 5.01. The third-order valence-corrected chi connectivity index (χ3v) is 3.97. The lowest BCUT2D eigenvalue weighted by Gasteiger charge is -2.08. The molecule has 0 aromatic heterocycles. The zero-order chi connectivity index (χ0) is 16.9. The fourth-order valence-corrected chi connectivity index (χ4v) is 2.43. The molecule has 2 aromatic carbocycles. The molecule has 0 spiro atoms. The van der Waals surface area contributed by atoms with Crippen molar-refractivity contribution in [2.45, 2.75) is 19.6 Å². The lowest BCUT2D eigenvalue weighted by molar-refractivity contribution is 0.102. The number of nitrogens with one attached hydrogen (secondary N) is 1. The second-order valence-electron chi connectivity index (χ2n) is 6.23. The molecule has 0 saturated carbocycles. The van der Waals surface area contributed by atoms with Crippen LogP contribution in [0.5, 0.6) is 5.75 Å². The minimum Gasteiger partial charge on any atom is -0.497 e. The number of hydrogen-bond donors (Lipinski definition) is 1. The monoisotopic (exact) mass is 323 g/mol. The Hall–Kier alpha value is -2.51. The summed E-state index contributed by atoms with van der Waals surface area (Å²) in [5.41, 5.74) is 5.39. The van der Waals surface area contributed by atoms with Gasteiger partial charge in [-0.05, 0) is 36.4 Å². The SMILES string of the molecule is COc1ccc(NC(=O)c2ccccc2C#C[Si](C)(C)C)cc1. The van der Waals surface area contributed by atoms with Gasteiger partial charge >= 0.3 is 0 Å². The molecule has 0 aliphatic carbocycles. The second-order valence-corrected chi connectivity index (χ2v) is 11.0. The fraction of sp³-hybridized carbons (Fsp3) is 0.211. The minimum absolute atomic E-state index is 0.157. The quantitative estimate of drug-likeness (QED) is 0.680. The second kappa shape index (κ2) is 7.17. The maximum absolute atomic E-state index is 12.5. The molecule has 2 rings (SSSR count). The van der Waals surface area contributed by atoms with E-state index in [1.54, 1.807) is 13.2 Å². The zero-order valence-electron chi connectivity index (χ0n) is 13.9. The largest absolute Gasteiger partial charge is 0.497 e. The van der Waals surface area contributed by atoms with Crippen LogP contribution in [0.1, 0.15) is 15.9 Å². The molecular formula is C19H21NO2Si. The van der Waals surface area contributed by atoms with Crippen molar-refractivity contribution in [1.82, 2.24) is 0 Å². The van der Waals surface area contributed by atoms with Crippen molar-refractivity contribution >= 4 is 19.7 Å². The van der Waals surface area contributed by atoms with Crippen molar-refractivity contribution in [3.05, 3.63) is 59.7 Å². The average Bonchev–Trinajstić information content (AvgIpc) is 2.53. The van der Waals surface area contributed by atoms with Gasteiger partial charge in [0, 0.05) is 11.3 Å². The van der Waals surface area contributed by atoms with Crippen LogP contribution in [-0.2, 0) is 0 Å². The zero-order valence-corrected chi connectivity index (χ0v) is 14.9. The van der Waals surface area contributed by atoms with Gasteiger partial charge in [0.1, 0.15) is 13.8 Å². The molecular weight excluding hydrogens is 302 g/mol. The maximum Gasteiger partial charge on any atom is 0.256 e.